The van der Waals surface area contributed by atoms with E-state index in [0.29, 0.717) is 23.0 Å². The summed E-state index contributed by atoms with van der Waals surface area (Å²) in [4.78, 5) is 4.27. The fraction of sp³-hybridized carbons (Fsp3) is 0.211. The van der Waals surface area contributed by atoms with E-state index >= 15 is 0 Å². The maximum absolute atomic E-state index is 12.3. The van der Waals surface area contributed by atoms with Gasteiger partial charge < -0.3 is 4.42 Å². The van der Waals surface area contributed by atoms with Gasteiger partial charge in [-0.1, -0.05) is 41.9 Å². The third-order valence-electron chi connectivity index (χ3n) is 3.77. The second-order valence-electron chi connectivity index (χ2n) is 5.83. The van der Waals surface area contributed by atoms with E-state index in [1.807, 2.05) is 30.3 Å². The second kappa shape index (κ2) is 7.85. The summed E-state index contributed by atoms with van der Waals surface area (Å²) in [6.45, 7) is 0. The van der Waals surface area contributed by atoms with Crippen LogP contribution < -0.4 is 0 Å². The highest BCUT2D eigenvalue weighted by atomic mass is 35.5. The first-order chi connectivity index (χ1) is 12.0. The molecule has 0 unspecified atom stereocenters. The molecular weight excluding hydrogens is 358 g/mol. The molecule has 3 rings (SSSR count). The number of nitrogens with zero attached hydrogens (tertiary/aromatic N) is 1. The van der Waals surface area contributed by atoms with Crippen molar-refractivity contribution in [3.05, 3.63) is 77.1 Å². The van der Waals surface area contributed by atoms with Crippen molar-refractivity contribution in [3.8, 4) is 11.5 Å². The van der Waals surface area contributed by atoms with Gasteiger partial charge in [0.25, 0.3) is 0 Å². The molecule has 1 aromatic heterocycles. The van der Waals surface area contributed by atoms with Gasteiger partial charge >= 0.3 is 0 Å². The summed E-state index contributed by atoms with van der Waals surface area (Å²) in [6.07, 6.45) is 2.74. The van der Waals surface area contributed by atoms with Crippen molar-refractivity contribution in [3.63, 3.8) is 0 Å². The van der Waals surface area contributed by atoms with Crippen molar-refractivity contribution >= 4 is 21.4 Å². The first-order valence-corrected chi connectivity index (χ1v) is 10.2. The zero-order valence-electron chi connectivity index (χ0n) is 13.6. The number of benzene rings is 2. The van der Waals surface area contributed by atoms with Crippen molar-refractivity contribution in [2.75, 3.05) is 5.75 Å². The van der Waals surface area contributed by atoms with E-state index < -0.39 is 9.84 Å². The van der Waals surface area contributed by atoms with Gasteiger partial charge in [0.15, 0.2) is 9.84 Å². The SMILES string of the molecule is O=S(=O)(CCCc1ccccc1)Cc1coc(-c2ccc(Cl)cc2)n1. The van der Waals surface area contributed by atoms with E-state index in [0.717, 1.165) is 17.5 Å². The van der Waals surface area contributed by atoms with Crippen LogP contribution in [0.3, 0.4) is 0 Å². The van der Waals surface area contributed by atoms with Crippen LogP contribution in [0.5, 0.6) is 0 Å². The largest absolute Gasteiger partial charge is 0.444 e. The fourth-order valence-corrected chi connectivity index (χ4v) is 3.97. The Balaban J connectivity index is 1.58. The summed E-state index contributed by atoms with van der Waals surface area (Å²) in [5.74, 6) is 0.412. The van der Waals surface area contributed by atoms with Crippen molar-refractivity contribution in [1.82, 2.24) is 4.98 Å². The molecule has 0 aliphatic heterocycles. The lowest BCUT2D eigenvalue weighted by molar-refractivity contribution is 0.571. The molecule has 25 heavy (non-hydrogen) atoms. The van der Waals surface area contributed by atoms with E-state index in [4.69, 9.17) is 16.0 Å². The summed E-state index contributed by atoms with van der Waals surface area (Å²) in [5, 5.41) is 0.622. The normalized spacial score (nSPS) is 11.6. The monoisotopic (exact) mass is 375 g/mol. The Hall–Kier alpha value is -2.11. The molecule has 0 bridgehead atoms. The number of oxazole rings is 1. The van der Waals surface area contributed by atoms with Crippen LogP contribution in [0.15, 0.2) is 65.3 Å². The van der Waals surface area contributed by atoms with E-state index in [1.165, 1.54) is 6.26 Å². The Morgan fingerprint density at radius 1 is 1.00 bits per heavy atom. The van der Waals surface area contributed by atoms with Crippen LogP contribution in [0.4, 0.5) is 0 Å². The molecule has 0 amide bonds. The lowest BCUT2D eigenvalue weighted by Crippen LogP contribution is -2.10. The topological polar surface area (TPSA) is 60.2 Å². The van der Waals surface area contributed by atoms with Crippen LogP contribution in [0.2, 0.25) is 5.02 Å². The van der Waals surface area contributed by atoms with Gasteiger partial charge in [0.1, 0.15) is 6.26 Å². The van der Waals surface area contributed by atoms with Crippen LogP contribution in [0, 0.1) is 0 Å². The molecule has 0 spiro atoms. The minimum absolute atomic E-state index is 0.112. The van der Waals surface area contributed by atoms with Gasteiger partial charge in [-0.15, -0.1) is 0 Å². The summed E-state index contributed by atoms with van der Waals surface area (Å²) in [7, 11) is -3.22. The molecule has 4 nitrogen and oxygen atoms in total. The number of sulfone groups is 1. The van der Waals surface area contributed by atoms with Crippen LogP contribution >= 0.6 is 11.6 Å². The van der Waals surface area contributed by atoms with Gasteiger partial charge in [-0.3, -0.25) is 0 Å². The molecule has 2 aromatic carbocycles. The minimum atomic E-state index is -3.22. The van der Waals surface area contributed by atoms with Crippen LogP contribution in [0.1, 0.15) is 17.7 Å². The highest BCUT2D eigenvalue weighted by Crippen LogP contribution is 2.21. The van der Waals surface area contributed by atoms with E-state index in [9.17, 15) is 8.42 Å². The molecular formula is C19H18ClNO3S. The molecule has 3 aromatic rings. The first-order valence-electron chi connectivity index (χ1n) is 7.96. The van der Waals surface area contributed by atoms with Crippen LogP contribution in [0.25, 0.3) is 11.5 Å². The number of rotatable bonds is 7. The summed E-state index contributed by atoms with van der Waals surface area (Å²) in [6, 6.07) is 16.9. The zero-order valence-corrected chi connectivity index (χ0v) is 15.1. The Morgan fingerprint density at radius 3 is 2.44 bits per heavy atom. The van der Waals surface area contributed by atoms with Crippen molar-refractivity contribution in [1.29, 1.82) is 0 Å². The Morgan fingerprint density at radius 2 is 1.72 bits per heavy atom. The average molecular weight is 376 g/mol. The molecule has 0 fully saturated rings. The number of halogens is 1. The Labute approximate surface area is 152 Å². The zero-order chi connectivity index (χ0) is 17.7. The molecule has 0 N–H and O–H groups in total. The van der Waals surface area contributed by atoms with Gasteiger partial charge in [-0.25, -0.2) is 13.4 Å². The lowest BCUT2D eigenvalue weighted by Gasteiger charge is -2.03. The molecule has 0 radical (unpaired) electrons. The fourth-order valence-electron chi connectivity index (χ4n) is 2.54. The van der Waals surface area contributed by atoms with Crippen LogP contribution in [-0.2, 0) is 22.0 Å². The standard InChI is InChI=1S/C19H18ClNO3S/c20-17-10-8-16(9-11-17)19-21-18(13-24-19)14-25(22,23)12-4-7-15-5-2-1-3-6-15/h1-3,5-6,8-11,13H,4,7,12,14H2. The average Bonchev–Trinajstić information content (AvgIpc) is 3.04. The first kappa shape index (κ1) is 17.7. The predicted octanol–water partition coefficient (Wildman–Crippen LogP) is 4.54. The van der Waals surface area contributed by atoms with E-state index in [1.54, 1.807) is 24.3 Å². The molecule has 0 aliphatic carbocycles. The Bertz CT molecular complexity index is 919. The molecule has 6 heteroatoms. The number of aromatic nitrogens is 1. The molecule has 130 valence electrons. The molecule has 0 saturated heterocycles. The molecule has 0 saturated carbocycles. The second-order valence-corrected chi connectivity index (χ2v) is 8.45. The van der Waals surface area contributed by atoms with Crippen molar-refractivity contribution < 1.29 is 12.8 Å². The molecule has 0 atom stereocenters. The van der Waals surface area contributed by atoms with Gasteiger partial charge in [-0.05, 0) is 42.7 Å². The van der Waals surface area contributed by atoms with Crippen molar-refractivity contribution in [2.24, 2.45) is 0 Å². The predicted molar refractivity (Wildman–Crippen MR) is 99.2 cm³/mol. The van der Waals surface area contributed by atoms with Gasteiger partial charge in [0.05, 0.1) is 17.2 Å². The van der Waals surface area contributed by atoms with E-state index in [-0.39, 0.29) is 11.5 Å². The van der Waals surface area contributed by atoms with Crippen molar-refractivity contribution in [2.45, 2.75) is 18.6 Å². The smallest absolute Gasteiger partial charge is 0.226 e. The third-order valence-corrected chi connectivity index (χ3v) is 5.67. The van der Waals surface area contributed by atoms with Gasteiger partial charge in [-0.2, -0.15) is 0 Å². The lowest BCUT2D eigenvalue weighted by atomic mass is 10.1. The highest BCUT2D eigenvalue weighted by molar-refractivity contribution is 7.90. The summed E-state index contributed by atoms with van der Waals surface area (Å²) in [5.41, 5.74) is 2.32. The minimum Gasteiger partial charge on any atom is -0.444 e. The number of hydrogen-bond acceptors (Lipinski definition) is 4. The summed E-state index contributed by atoms with van der Waals surface area (Å²) < 4.78 is 30.0. The maximum atomic E-state index is 12.3. The number of aryl methyl sites for hydroxylation is 1. The molecule has 0 aliphatic rings. The summed E-state index contributed by atoms with van der Waals surface area (Å²) >= 11 is 5.85. The van der Waals surface area contributed by atoms with Crippen LogP contribution in [-0.4, -0.2) is 19.2 Å². The highest BCUT2D eigenvalue weighted by Gasteiger charge is 2.16. The van der Waals surface area contributed by atoms with Gasteiger partial charge in [0, 0.05) is 10.6 Å². The van der Waals surface area contributed by atoms with Gasteiger partial charge in [0.2, 0.25) is 5.89 Å². The number of hydrogen-bond donors (Lipinski definition) is 0. The van der Waals surface area contributed by atoms with E-state index in [2.05, 4.69) is 4.98 Å². The third kappa shape index (κ3) is 5.18. The quantitative estimate of drug-likeness (QED) is 0.608. The maximum Gasteiger partial charge on any atom is 0.226 e. The Kier molecular flexibility index (Phi) is 5.56. The molecule has 1 heterocycles.